The molecule has 0 saturated carbocycles. The highest BCUT2D eigenvalue weighted by Crippen LogP contribution is 2.23. The normalized spacial score (nSPS) is 10.3. The SMILES string of the molecule is CNC(=O)c1cc(C(=O)NC)c[n+](Cc2c(Cl)cccc2Cl)c1. The van der Waals surface area contributed by atoms with E-state index < -0.39 is 0 Å². The van der Waals surface area contributed by atoms with Crippen molar-refractivity contribution in [1.29, 1.82) is 0 Å². The van der Waals surface area contributed by atoms with E-state index in [2.05, 4.69) is 10.6 Å². The Kier molecular flexibility index (Phi) is 5.58. The Morgan fingerprint density at radius 1 is 1.00 bits per heavy atom. The summed E-state index contributed by atoms with van der Waals surface area (Å²) in [6.07, 6.45) is 3.29. The minimum atomic E-state index is -0.283. The van der Waals surface area contributed by atoms with Gasteiger partial charge in [-0.25, -0.2) is 0 Å². The lowest BCUT2D eigenvalue weighted by molar-refractivity contribution is -0.688. The lowest BCUT2D eigenvalue weighted by atomic mass is 10.1. The summed E-state index contributed by atoms with van der Waals surface area (Å²) in [7, 11) is 3.06. The van der Waals surface area contributed by atoms with Gasteiger partial charge in [0, 0.05) is 14.1 Å². The number of amides is 2. The molecule has 0 bridgehead atoms. The van der Waals surface area contributed by atoms with Crippen LogP contribution in [0.2, 0.25) is 10.0 Å². The van der Waals surface area contributed by atoms with E-state index in [0.717, 1.165) is 5.56 Å². The van der Waals surface area contributed by atoms with Crippen molar-refractivity contribution < 1.29 is 14.2 Å². The van der Waals surface area contributed by atoms with E-state index in [1.165, 1.54) is 20.2 Å². The van der Waals surface area contributed by atoms with Crippen LogP contribution in [0.15, 0.2) is 36.7 Å². The second-order valence-corrected chi connectivity index (χ2v) is 5.66. The molecule has 120 valence electrons. The summed E-state index contributed by atoms with van der Waals surface area (Å²) >= 11 is 12.4. The van der Waals surface area contributed by atoms with Crippen LogP contribution in [0.1, 0.15) is 26.3 Å². The molecule has 7 heteroatoms. The number of benzene rings is 1. The molecule has 0 spiro atoms. The Hall–Kier alpha value is -2.11. The summed E-state index contributed by atoms with van der Waals surface area (Å²) in [4.78, 5) is 23.8. The van der Waals surface area contributed by atoms with Gasteiger partial charge in [-0.05, 0) is 18.2 Å². The number of halogens is 2. The summed E-state index contributed by atoms with van der Waals surface area (Å²) in [6.45, 7) is 0.341. The van der Waals surface area contributed by atoms with Crippen LogP contribution in [-0.2, 0) is 6.54 Å². The third-order valence-corrected chi connectivity index (χ3v) is 4.01. The molecule has 1 aromatic heterocycles. The first kappa shape index (κ1) is 17.2. The molecule has 0 aliphatic rings. The van der Waals surface area contributed by atoms with Crippen molar-refractivity contribution in [3.8, 4) is 0 Å². The van der Waals surface area contributed by atoms with Crippen LogP contribution in [0.3, 0.4) is 0 Å². The van der Waals surface area contributed by atoms with Crippen molar-refractivity contribution in [2.75, 3.05) is 14.1 Å². The molecule has 0 unspecified atom stereocenters. The van der Waals surface area contributed by atoms with E-state index in [1.54, 1.807) is 35.2 Å². The van der Waals surface area contributed by atoms with Gasteiger partial charge < -0.3 is 10.6 Å². The van der Waals surface area contributed by atoms with Crippen molar-refractivity contribution in [1.82, 2.24) is 10.6 Å². The summed E-state index contributed by atoms with van der Waals surface area (Å²) in [5.41, 5.74) is 1.46. The smallest absolute Gasteiger partial charge is 0.257 e. The maximum atomic E-state index is 11.9. The maximum absolute atomic E-state index is 11.9. The number of carbonyl (C=O) groups excluding carboxylic acids is 2. The molecule has 2 N–H and O–H groups in total. The predicted molar refractivity (Wildman–Crippen MR) is 89.0 cm³/mol. The number of hydrogen-bond acceptors (Lipinski definition) is 2. The van der Waals surface area contributed by atoms with E-state index in [-0.39, 0.29) is 11.8 Å². The van der Waals surface area contributed by atoms with Crippen LogP contribution >= 0.6 is 23.2 Å². The van der Waals surface area contributed by atoms with Crippen LogP contribution < -0.4 is 15.2 Å². The van der Waals surface area contributed by atoms with Gasteiger partial charge in [0.15, 0.2) is 18.9 Å². The molecule has 1 heterocycles. The lowest BCUT2D eigenvalue weighted by Crippen LogP contribution is -2.38. The zero-order valence-corrected chi connectivity index (χ0v) is 14.2. The molecule has 0 atom stereocenters. The first-order valence-electron chi connectivity index (χ1n) is 6.87. The van der Waals surface area contributed by atoms with Crippen molar-refractivity contribution >= 4 is 35.0 Å². The average Bonchev–Trinajstić information content (AvgIpc) is 2.56. The fourth-order valence-electron chi connectivity index (χ4n) is 2.13. The largest absolute Gasteiger partial charge is 0.355 e. The Morgan fingerprint density at radius 3 is 1.91 bits per heavy atom. The van der Waals surface area contributed by atoms with Crippen LogP contribution in [0.5, 0.6) is 0 Å². The highest BCUT2D eigenvalue weighted by Gasteiger charge is 2.18. The molecule has 5 nitrogen and oxygen atoms in total. The number of nitrogens with one attached hydrogen (secondary N) is 2. The molecule has 0 aliphatic carbocycles. The molecule has 0 fully saturated rings. The van der Waals surface area contributed by atoms with Crippen molar-refractivity contribution in [3.63, 3.8) is 0 Å². The average molecular weight is 353 g/mol. The van der Waals surface area contributed by atoms with Crippen LogP contribution in [-0.4, -0.2) is 25.9 Å². The molecular weight excluding hydrogens is 337 g/mol. The maximum Gasteiger partial charge on any atom is 0.257 e. The number of hydrogen-bond donors (Lipinski definition) is 2. The molecule has 0 aliphatic heterocycles. The van der Waals surface area contributed by atoms with Crippen LogP contribution in [0.4, 0.5) is 0 Å². The summed E-state index contributed by atoms with van der Waals surface area (Å²) < 4.78 is 1.71. The van der Waals surface area contributed by atoms with Gasteiger partial charge >= 0.3 is 0 Å². The monoisotopic (exact) mass is 352 g/mol. The fourth-order valence-corrected chi connectivity index (χ4v) is 2.65. The molecule has 0 saturated heterocycles. The van der Waals surface area contributed by atoms with Crippen LogP contribution in [0.25, 0.3) is 0 Å². The number of carbonyl (C=O) groups is 2. The first-order chi connectivity index (χ1) is 11.0. The molecule has 2 rings (SSSR count). The molecule has 2 aromatic rings. The molecule has 23 heavy (non-hydrogen) atoms. The highest BCUT2D eigenvalue weighted by molar-refractivity contribution is 6.35. The summed E-state index contributed by atoms with van der Waals surface area (Å²) in [5.74, 6) is -0.565. The van der Waals surface area contributed by atoms with Gasteiger partial charge in [-0.3, -0.25) is 9.59 Å². The summed E-state index contributed by atoms with van der Waals surface area (Å²) in [5, 5.41) is 6.14. The first-order valence-corrected chi connectivity index (χ1v) is 7.63. The zero-order chi connectivity index (χ0) is 17.0. The number of aromatic nitrogens is 1. The Labute approximate surface area is 144 Å². The predicted octanol–water partition coefficient (Wildman–Crippen LogP) is 2.05. The second-order valence-electron chi connectivity index (χ2n) is 4.84. The van der Waals surface area contributed by atoms with Gasteiger partial charge in [-0.15, -0.1) is 0 Å². The molecular formula is C16H16Cl2N3O2+. The minimum absolute atomic E-state index is 0.283. The van der Waals surface area contributed by atoms with Crippen molar-refractivity contribution in [3.05, 3.63) is 63.4 Å². The quantitative estimate of drug-likeness (QED) is 0.827. The molecule has 1 aromatic carbocycles. The zero-order valence-electron chi connectivity index (χ0n) is 12.7. The number of rotatable bonds is 4. The van der Waals surface area contributed by atoms with Gasteiger partial charge in [0.2, 0.25) is 0 Å². The number of pyridine rings is 1. The van der Waals surface area contributed by atoms with E-state index in [9.17, 15) is 9.59 Å². The Morgan fingerprint density at radius 2 is 1.48 bits per heavy atom. The van der Waals surface area contributed by atoms with E-state index in [1.807, 2.05) is 0 Å². The molecule has 0 radical (unpaired) electrons. The van der Waals surface area contributed by atoms with E-state index in [4.69, 9.17) is 23.2 Å². The van der Waals surface area contributed by atoms with Crippen LogP contribution in [0, 0.1) is 0 Å². The van der Waals surface area contributed by atoms with Gasteiger partial charge in [0.05, 0.1) is 15.6 Å². The third-order valence-electron chi connectivity index (χ3n) is 3.30. The second kappa shape index (κ2) is 7.44. The lowest BCUT2D eigenvalue weighted by Gasteiger charge is -2.07. The standard InChI is InChI=1S/C16H15Cl2N3O2/c1-19-15(22)10-6-11(16(23)20-2)8-21(7-10)9-12-13(17)4-3-5-14(12)18/h3-8H,9H2,1-2H3,(H-,19,20,22,23)/p+1. The van der Waals surface area contributed by atoms with Crippen molar-refractivity contribution in [2.24, 2.45) is 0 Å². The van der Waals surface area contributed by atoms with Gasteiger partial charge in [0.25, 0.3) is 11.8 Å². The van der Waals surface area contributed by atoms with Crippen molar-refractivity contribution in [2.45, 2.75) is 6.54 Å². The Balaban J connectivity index is 2.49. The fraction of sp³-hybridized carbons (Fsp3) is 0.188. The van der Waals surface area contributed by atoms with E-state index in [0.29, 0.717) is 27.7 Å². The highest BCUT2D eigenvalue weighted by atomic mass is 35.5. The van der Waals surface area contributed by atoms with Gasteiger partial charge in [0.1, 0.15) is 11.1 Å². The minimum Gasteiger partial charge on any atom is -0.355 e. The third kappa shape index (κ3) is 4.00. The van der Waals surface area contributed by atoms with E-state index >= 15 is 0 Å². The topological polar surface area (TPSA) is 62.1 Å². The number of nitrogens with zero attached hydrogens (tertiary/aromatic N) is 1. The Bertz CT molecular complexity index is 708. The van der Waals surface area contributed by atoms with Gasteiger partial charge in [-0.2, -0.15) is 4.57 Å². The summed E-state index contributed by atoms with van der Waals surface area (Å²) in [6, 6.07) is 6.77. The molecule has 2 amide bonds. The van der Waals surface area contributed by atoms with Gasteiger partial charge in [-0.1, -0.05) is 29.3 Å².